The van der Waals surface area contributed by atoms with Crippen molar-refractivity contribution in [1.29, 1.82) is 0 Å². The lowest BCUT2D eigenvalue weighted by Crippen LogP contribution is -2.08. The first-order valence-corrected chi connectivity index (χ1v) is 6.33. The molecule has 0 aromatic heterocycles. The summed E-state index contributed by atoms with van der Waals surface area (Å²) in [4.78, 5) is 0. The van der Waals surface area contributed by atoms with Gasteiger partial charge in [0.25, 0.3) is 0 Å². The maximum atomic E-state index is 5.73. The molecule has 0 radical (unpaired) electrons. The van der Waals surface area contributed by atoms with E-state index < -0.39 is 0 Å². The average molecular weight is 219 g/mol. The highest BCUT2D eigenvalue weighted by atomic mass is 16.5. The number of hydrogen-bond donors (Lipinski definition) is 1. The summed E-state index contributed by atoms with van der Waals surface area (Å²) in [5.41, 5.74) is 1.42. The molecule has 2 nitrogen and oxygen atoms in total. The Hall–Kier alpha value is -1.02. The van der Waals surface area contributed by atoms with E-state index in [9.17, 15) is 0 Å². The summed E-state index contributed by atoms with van der Waals surface area (Å²) in [5.74, 6) is 1.70. The van der Waals surface area contributed by atoms with Crippen LogP contribution in [-0.4, -0.2) is 19.7 Å². The highest BCUT2D eigenvalue weighted by Gasteiger charge is 2.16. The summed E-state index contributed by atoms with van der Waals surface area (Å²) < 4.78 is 5.73. The van der Waals surface area contributed by atoms with Gasteiger partial charge in [-0.2, -0.15) is 0 Å². The van der Waals surface area contributed by atoms with Crippen LogP contribution in [0.2, 0.25) is 0 Å². The Morgan fingerprint density at radius 1 is 1.44 bits per heavy atom. The first kappa shape index (κ1) is 11.5. The molecule has 1 N–H and O–H groups in total. The molecule has 1 aromatic carbocycles. The van der Waals surface area contributed by atoms with E-state index in [-0.39, 0.29) is 0 Å². The zero-order chi connectivity index (χ0) is 11.2. The first-order valence-electron chi connectivity index (χ1n) is 6.33. The van der Waals surface area contributed by atoms with Crippen LogP contribution >= 0.6 is 0 Å². The molecule has 2 rings (SSSR count). The summed E-state index contributed by atoms with van der Waals surface area (Å²) in [7, 11) is 0. The lowest BCUT2D eigenvalue weighted by atomic mass is 9.98. The maximum Gasteiger partial charge on any atom is 0.119 e. The van der Waals surface area contributed by atoms with E-state index in [1.807, 2.05) is 0 Å². The molecule has 1 aliphatic heterocycles. The Kier molecular flexibility index (Phi) is 4.23. The molecular formula is C14H21NO. The van der Waals surface area contributed by atoms with Gasteiger partial charge in [0.05, 0.1) is 6.61 Å². The topological polar surface area (TPSA) is 21.3 Å². The first-order chi connectivity index (χ1) is 7.90. The maximum absolute atomic E-state index is 5.73. The normalized spacial score (nSPS) is 19.9. The molecule has 1 unspecified atom stereocenters. The molecule has 1 aliphatic rings. The Balaban J connectivity index is 1.95. The molecule has 2 heteroatoms. The molecule has 0 spiro atoms. The van der Waals surface area contributed by atoms with Gasteiger partial charge >= 0.3 is 0 Å². The van der Waals surface area contributed by atoms with Crippen LogP contribution in [0.15, 0.2) is 24.3 Å². The minimum atomic E-state index is 0.676. The number of rotatable bonds is 5. The third-order valence-electron chi connectivity index (χ3n) is 3.16. The molecule has 88 valence electrons. The van der Waals surface area contributed by atoms with Gasteiger partial charge in [-0.3, -0.25) is 0 Å². The lowest BCUT2D eigenvalue weighted by Gasteiger charge is -2.11. The van der Waals surface area contributed by atoms with Crippen LogP contribution in [0, 0.1) is 0 Å². The predicted molar refractivity (Wildman–Crippen MR) is 67.1 cm³/mol. The molecular weight excluding hydrogens is 198 g/mol. The van der Waals surface area contributed by atoms with Crippen LogP contribution in [0.25, 0.3) is 0 Å². The van der Waals surface area contributed by atoms with E-state index in [4.69, 9.17) is 4.74 Å². The Morgan fingerprint density at radius 3 is 3.12 bits per heavy atom. The van der Waals surface area contributed by atoms with Crippen LogP contribution in [0.1, 0.15) is 37.7 Å². The van der Waals surface area contributed by atoms with Gasteiger partial charge in [0.1, 0.15) is 5.75 Å². The van der Waals surface area contributed by atoms with Crippen molar-refractivity contribution in [1.82, 2.24) is 5.32 Å². The van der Waals surface area contributed by atoms with Gasteiger partial charge in [0.2, 0.25) is 0 Å². The number of nitrogens with one attached hydrogen (secondary N) is 1. The monoisotopic (exact) mass is 219 g/mol. The van der Waals surface area contributed by atoms with Crippen LogP contribution in [0.3, 0.4) is 0 Å². The average Bonchev–Trinajstić information content (AvgIpc) is 2.83. The third kappa shape index (κ3) is 2.99. The highest BCUT2D eigenvalue weighted by Crippen LogP contribution is 2.25. The quantitative estimate of drug-likeness (QED) is 0.769. The minimum Gasteiger partial charge on any atom is -0.494 e. The molecule has 0 saturated carbocycles. The van der Waals surface area contributed by atoms with Gasteiger partial charge in [-0.15, -0.1) is 0 Å². The van der Waals surface area contributed by atoms with Crippen molar-refractivity contribution < 1.29 is 4.74 Å². The van der Waals surface area contributed by atoms with E-state index in [1.165, 1.54) is 18.4 Å². The van der Waals surface area contributed by atoms with E-state index in [0.29, 0.717) is 5.92 Å². The number of unbranched alkanes of at least 4 members (excludes halogenated alkanes) is 1. The van der Waals surface area contributed by atoms with E-state index in [2.05, 4.69) is 36.5 Å². The van der Waals surface area contributed by atoms with Crippen molar-refractivity contribution in [3.8, 4) is 5.75 Å². The van der Waals surface area contributed by atoms with Gasteiger partial charge < -0.3 is 10.1 Å². The van der Waals surface area contributed by atoms with Crippen molar-refractivity contribution in [3.05, 3.63) is 29.8 Å². The van der Waals surface area contributed by atoms with E-state index >= 15 is 0 Å². The highest BCUT2D eigenvalue weighted by molar-refractivity contribution is 5.31. The summed E-state index contributed by atoms with van der Waals surface area (Å²) in [6.07, 6.45) is 3.57. The lowest BCUT2D eigenvalue weighted by molar-refractivity contribution is 0.309. The fourth-order valence-corrected chi connectivity index (χ4v) is 2.13. The van der Waals surface area contributed by atoms with Crippen molar-refractivity contribution >= 4 is 0 Å². The summed E-state index contributed by atoms with van der Waals surface area (Å²) in [5, 5.41) is 3.40. The van der Waals surface area contributed by atoms with Gasteiger partial charge in [0.15, 0.2) is 0 Å². The minimum absolute atomic E-state index is 0.676. The Labute approximate surface area is 98.0 Å². The molecule has 0 bridgehead atoms. The fourth-order valence-electron chi connectivity index (χ4n) is 2.13. The van der Waals surface area contributed by atoms with Gasteiger partial charge in [-0.05, 0) is 43.0 Å². The standard InChI is InChI=1S/C14H21NO/c1-2-3-9-16-14-6-4-5-12(10-14)13-7-8-15-11-13/h4-6,10,13,15H,2-3,7-9,11H2,1H3. The predicted octanol–water partition coefficient (Wildman–Crippen LogP) is 2.94. The van der Waals surface area contributed by atoms with Crippen molar-refractivity contribution in [2.45, 2.75) is 32.1 Å². The summed E-state index contributed by atoms with van der Waals surface area (Å²) >= 11 is 0. The third-order valence-corrected chi connectivity index (χ3v) is 3.16. The number of ether oxygens (including phenoxy) is 1. The van der Waals surface area contributed by atoms with Crippen molar-refractivity contribution in [2.24, 2.45) is 0 Å². The fraction of sp³-hybridized carbons (Fsp3) is 0.571. The second kappa shape index (κ2) is 5.90. The number of hydrogen-bond acceptors (Lipinski definition) is 2. The van der Waals surface area contributed by atoms with Gasteiger partial charge in [0, 0.05) is 6.54 Å². The number of benzene rings is 1. The van der Waals surface area contributed by atoms with Crippen molar-refractivity contribution in [2.75, 3.05) is 19.7 Å². The van der Waals surface area contributed by atoms with E-state index in [0.717, 1.165) is 31.9 Å². The van der Waals surface area contributed by atoms with E-state index in [1.54, 1.807) is 0 Å². The van der Waals surface area contributed by atoms with Gasteiger partial charge in [-0.1, -0.05) is 25.5 Å². The SMILES string of the molecule is CCCCOc1cccc(C2CCNC2)c1. The van der Waals surface area contributed by atoms with Crippen LogP contribution in [0.5, 0.6) is 5.75 Å². The Morgan fingerprint density at radius 2 is 2.38 bits per heavy atom. The largest absolute Gasteiger partial charge is 0.494 e. The molecule has 0 amide bonds. The zero-order valence-electron chi connectivity index (χ0n) is 10.0. The molecule has 1 fully saturated rings. The second-order valence-corrected chi connectivity index (χ2v) is 4.46. The van der Waals surface area contributed by atoms with Crippen LogP contribution in [0.4, 0.5) is 0 Å². The zero-order valence-corrected chi connectivity index (χ0v) is 10.0. The van der Waals surface area contributed by atoms with Crippen LogP contribution < -0.4 is 10.1 Å². The summed E-state index contributed by atoms with van der Waals surface area (Å²) in [6.45, 7) is 5.27. The Bertz CT molecular complexity index is 318. The molecule has 1 atom stereocenters. The van der Waals surface area contributed by atoms with Crippen LogP contribution in [-0.2, 0) is 0 Å². The molecule has 1 aromatic rings. The van der Waals surface area contributed by atoms with Crippen molar-refractivity contribution in [3.63, 3.8) is 0 Å². The summed E-state index contributed by atoms with van der Waals surface area (Å²) in [6, 6.07) is 8.58. The molecule has 1 saturated heterocycles. The molecule has 0 aliphatic carbocycles. The molecule has 1 heterocycles. The van der Waals surface area contributed by atoms with Gasteiger partial charge in [-0.25, -0.2) is 0 Å². The smallest absolute Gasteiger partial charge is 0.119 e. The molecule has 16 heavy (non-hydrogen) atoms. The second-order valence-electron chi connectivity index (χ2n) is 4.46.